The first kappa shape index (κ1) is 28.6. The monoisotopic (exact) mass is 484 g/mol. The summed E-state index contributed by atoms with van der Waals surface area (Å²) >= 11 is 0. The minimum Gasteiger partial charge on any atom is -0.477 e. The van der Waals surface area contributed by atoms with Crippen LogP contribution >= 0.6 is 0 Å². The molecule has 32 heavy (non-hydrogen) atoms. The van der Waals surface area contributed by atoms with E-state index >= 15 is 0 Å². The molecule has 0 spiro atoms. The molecule has 0 unspecified atom stereocenters. The van der Waals surface area contributed by atoms with Crippen LogP contribution in [0.4, 0.5) is 43.9 Å². The summed E-state index contributed by atoms with van der Waals surface area (Å²) in [7, 11) is 0. The Hall–Kier alpha value is -3.40. The zero-order chi connectivity index (χ0) is 25.5. The van der Waals surface area contributed by atoms with E-state index in [1.54, 1.807) is 0 Å². The van der Waals surface area contributed by atoms with Crippen LogP contribution in [0.15, 0.2) is 0 Å². The Morgan fingerprint density at radius 3 is 0.750 bits per heavy atom. The van der Waals surface area contributed by atoms with Gasteiger partial charge in [-0.3, -0.25) is 0 Å². The molecule has 0 saturated carbocycles. The van der Waals surface area contributed by atoms with Gasteiger partial charge in [-0.25, -0.2) is 53.5 Å². The average Bonchev–Trinajstić information content (AvgIpc) is 2.74. The quantitative estimate of drug-likeness (QED) is 0.302. The van der Waals surface area contributed by atoms with Crippen LogP contribution in [0.1, 0.15) is 20.7 Å². The number of carbonyl (C=O) groups is 2. The van der Waals surface area contributed by atoms with E-state index in [0.29, 0.717) is 13.1 Å². The summed E-state index contributed by atoms with van der Waals surface area (Å²) in [5.41, 5.74) is 6.09. The van der Waals surface area contributed by atoms with Gasteiger partial charge < -0.3 is 21.7 Å². The van der Waals surface area contributed by atoms with E-state index in [4.69, 9.17) is 21.7 Å². The first-order valence-corrected chi connectivity index (χ1v) is 7.56. The van der Waals surface area contributed by atoms with Gasteiger partial charge in [-0.2, -0.15) is 0 Å². The lowest BCUT2D eigenvalue weighted by Crippen LogP contribution is -2.11. The van der Waals surface area contributed by atoms with Gasteiger partial charge in [-0.05, 0) is 0 Å². The number of hydrogen-bond donors (Lipinski definition) is 4. The fraction of sp³-hybridized carbons (Fsp3) is 0.125. The summed E-state index contributed by atoms with van der Waals surface area (Å²) in [5.74, 6) is -27.7. The molecule has 0 aliphatic rings. The van der Waals surface area contributed by atoms with Crippen LogP contribution in [0.5, 0.6) is 0 Å². The molecule has 2 rings (SSSR count). The smallest absolute Gasteiger partial charge is 0.341 e. The Labute approximate surface area is 170 Å². The van der Waals surface area contributed by atoms with Crippen molar-refractivity contribution in [1.29, 1.82) is 0 Å². The van der Waals surface area contributed by atoms with Gasteiger partial charge in [0.2, 0.25) is 11.6 Å². The first-order chi connectivity index (χ1) is 14.7. The molecule has 2 aromatic rings. The fourth-order valence-corrected chi connectivity index (χ4v) is 1.59. The summed E-state index contributed by atoms with van der Waals surface area (Å²) in [6.45, 7) is 1.19. The molecule has 16 heteroatoms. The van der Waals surface area contributed by atoms with Crippen molar-refractivity contribution in [3.05, 3.63) is 69.3 Å². The van der Waals surface area contributed by atoms with E-state index in [1.165, 1.54) is 0 Å². The molecule has 0 saturated heterocycles. The largest absolute Gasteiger partial charge is 0.477 e. The lowest BCUT2D eigenvalue weighted by Gasteiger charge is -2.03. The predicted octanol–water partition coefficient (Wildman–Crippen LogP) is 3.06. The number of aromatic carboxylic acids is 2. The summed E-state index contributed by atoms with van der Waals surface area (Å²) in [6.07, 6.45) is 0. The van der Waals surface area contributed by atoms with Gasteiger partial charge in [-0.1, -0.05) is 0 Å². The molecular weight excluding hydrogens is 474 g/mol. The van der Waals surface area contributed by atoms with E-state index in [9.17, 15) is 53.5 Å². The Kier molecular flexibility index (Phi) is 10.6. The molecule has 0 aliphatic heterocycles. The Morgan fingerprint density at radius 2 is 0.625 bits per heavy atom. The maximum Gasteiger partial charge on any atom is 0.341 e. The van der Waals surface area contributed by atoms with Crippen LogP contribution in [0.25, 0.3) is 0 Å². The third-order valence-electron chi connectivity index (χ3n) is 3.01. The van der Waals surface area contributed by atoms with Gasteiger partial charge in [0, 0.05) is 13.1 Å². The number of nitrogens with two attached hydrogens (primary N) is 2. The topological polar surface area (TPSA) is 127 Å². The van der Waals surface area contributed by atoms with Crippen LogP contribution in [0.3, 0.4) is 0 Å². The van der Waals surface area contributed by atoms with E-state index in [0.717, 1.165) is 0 Å². The highest BCUT2D eigenvalue weighted by atomic mass is 19.2. The highest BCUT2D eigenvalue weighted by molar-refractivity contribution is 5.88. The Balaban J connectivity index is 0.000000515. The van der Waals surface area contributed by atoms with Crippen LogP contribution in [-0.2, 0) is 0 Å². The average molecular weight is 484 g/mol. The Morgan fingerprint density at radius 1 is 0.469 bits per heavy atom. The molecule has 0 fully saturated rings. The van der Waals surface area contributed by atoms with E-state index in [2.05, 4.69) is 0 Å². The lowest BCUT2D eigenvalue weighted by molar-refractivity contribution is 0.0671. The van der Waals surface area contributed by atoms with Gasteiger partial charge in [0.1, 0.15) is 11.1 Å². The zero-order valence-corrected chi connectivity index (χ0v) is 15.1. The number of hydrogen-bond acceptors (Lipinski definition) is 4. The van der Waals surface area contributed by atoms with Crippen molar-refractivity contribution >= 4 is 11.9 Å². The molecule has 6 nitrogen and oxygen atoms in total. The number of rotatable bonds is 3. The van der Waals surface area contributed by atoms with Crippen molar-refractivity contribution in [2.75, 3.05) is 13.1 Å². The molecule has 178 valence electrons. The summed E-state index contributed by atoms with van der Waals surface area (Å²) in [5, 5.41) is 16.3. The van der Waals surface area contributed by atoms with Gasteiger partial charge in [-0.15, -0.1) is 0 Å². The van der Waals surface area contributed by atoms with Crippen LogP contribution < -0.4 is 11.5 Å². The Bertz CT molecular complexity index is 893. The highest BCUT2D eigenvalue weighted by Gasteiger charge is 2.30. The first-order valence-electron chi connectivity index (χ1n) is 7.56. The van der Waals surface area contributed by atoms with Gasteiger partial charge in [0.05, 0.1) is 0 Å². The van der Waals surface area contributed by atoms with Gasteiger partial charge in [0.25, 0.3) is 0 Å². The lowest BCUT2D eigenvalue weighted by atomic mass is 10.1. The molecule has 0 bridgehead atoms. The minimum atomic E-state index is -2.38. The molecule has 2 aromatic carbocycles. The second kappa shape index (κ2) is 11.8. The van der Waals surface area contributed by atoms with Crippen molar-refractivity contribution in [2.24, 2.45) is 11.5 Å². The number of carboxylic acids is 2. The molecule has 0 atom stereocenters. The maximum atomic E-state index is 12.6. The van der Waals surface area contributed by atoms with Crippen molar-refractivity contribution in [2.45, 2.75) is 0 Å². The van der Waals surface area contributed by atoms with Crippen LogP contribution in [0.2, 0.25) is 0 Å². The van der Waals surface area contributed by atoms with Crippen molar-refractivity contribution in [3.63, 3.8) is 0 Å². The number of halogens is 10. The molecule has 6 N–H and O–H groups in total. The fourth-order valence-electron chi connectivity index (χ4n) is 1.59. The minimum absolute atomic E-state index is 0.597. The van der Waals surface area contributed by atoms with Gasteiger partial charge in [0.15, 0.2) is 46.5 Å². The highest BCUT2D eigenvalue weighted by Crippen LogP contribution is 2.23. The van der Waals surface area contributed by atoms with Crippen LogP contribution in [-0.4, -0.2) is 35.2 Å². The molecule has 0 amide bonds. The second-order valence-corrected chi connectivity index (χ2v) is 5.08. The molecule has 0 aliphatic carbocycles. The third-order valence-corrected chi connectivity index (χ3v) is 3.01. The van der Waals surface area contributed by atoms with Crippen molar-refractivity contribution in [1.82, 2.24) is 0 Å². The molecule has 0 heterocycles. The van der Waals surface area contributed by atoms with E-state index < -0.39 is 81.2 Å². The SMILES string of the molecule is NCCN.O=C(O)c1c(F)c(F)c(F)c(F)c1F.O=C(O)c1c(F)c(F)c(F)c(F)c1F. The van der Waals surface area contributed by atoms with Crippen molar-refractivity contribution in [3.8, 4) is 0 Å². The predicted molar refractivity (Wildman–Crippen MR) is 84.5 cm³/mol. The molecular formula is C16H10F10N2O4. The third kappa shape index (κ3) is 6.07. The second-order valence-electron chi connectivity index (χ2n) is 5.08. The molecule has 0 radical (unpaired) electrons. The van der Waals surface area contributed by atoms with Crippen molar-refractivity contribution < 1.29 is 63.7 Å². The van der Waals surface area contributed by atoms with E-state index in [1.807, 2.05) is 0 Å². The summed E-state index contributed by atoms with van der Waals surface area (Å²) in [4.78, 5) is 20.2. The van der Waals surface area contributed by atoms with E-state index in [-0.39, 0.29) is 0 Å². The maximum absolute atomic E-state index is 12.6. The molecule has 0 aromatic heterocycles. The van der Waals surface area contributed by atoms with Gasteiger partial charge >= 0.3 is 11.9 Å². The normalized spacial score (nSPS) is 10.0. The number of benzene rings is 2. The van der Waals surface area contributed by atoms with Crippen LogP contribution in [0, 0.1) is 58.2 Å². The summed E-state index contributed by atoms with van der Waals surface area (Å²) in [6, 6.07) is 0. The standard InChI is InChI=1S/2C7HF5O2.C2H8N2/c2*8-2-1(7(13)14)3(9)5(11)6(12)4(2)10;3-1-2-4/h2*(H,13,14);1-4H2. The zero-order valence-electron chi connectivity index (χ0n) is 15.1. The summed E-state index contributed by atoms with van der Waals surface area (Å²) < 4.78 is 124. The number of carboxylic acid groups (broad SMARTS) is 2.